The number of nitrogen functional groups attached to an aromatic ring is 1. The molecule has 1 aliphatic rings. The van der Waals surface area contributed by atoms with Crippen molar-refractivity contribution in [3.63, 3.8) is 0 Å². The molecule has 1 aliphatic heterocycles. The van der Waals surface area contributed by atoms with Crippen molar-refractivity contribution >= 4 is 29.1 Å². The Hall–Kier alpha value is -3.21. The van der Waals surface area contributed by atoms with Gasteiger partial charge in [0.1, 0.15) is 17.2 Å². The Bertz CT molecular complexity index is 901. The number of urea groups is 1. The van der Waals surface area contributed by atoms with E-state index in [2.05, 4.69) is 9.98 Å². The van der Waals surface area contributed by atoms with Gasteiger partial charge in [-0.15, -0.1) is 0 Å². The van der Waals surface area contributed by atoms with Crippen molar-refractivity contribution in [1.82, 2.24) is 9.55 Å². The molecule has 1 aromatic carbocycles. The molecule has 0 saturated heterocycles. The molecular weight excluding hydrogens is 353 g/mol. The number of aliphatic hydroxyl groups is 1. The molecule has 4 N–H and O–H groups in total. The third kappa shape index (κ3) is 2.92. The van der Waals surface area contributed by atoms with E-state index in [0.717, 1.165) is 29.2 Å². The zero-order valence-electron chi connectivity index (χ0n) is 13.2. The molecule has 8 nitrogen and oxygen atoms in total. The maximum absolute atomic E-state index is 12.7. The molecule has 136 valence electrons. The molecule has 3 rings (SSSR count). The molecule has 26 heavy (non-hydrogen) atoms. The number of imidazole rings is 1. The van der Waals surface area contributed by atoms with Gasteiger partial charge in [0, 0.05) is 6.54 Å². The summed E-state index contributed by atoms with van der Waals surface area (Å²) in [5.41, 5.74) is 5.08. The summed E-state index contributed by atoms with van der Waals surface area (Å²) in [4.78, 5) is 20.8. The average molecular weight is 366 g/mol. The van der Waals surface area contributed by atoms with E-state index in [1.807, 2.05) is 0 Å². The molecule has 2 aromatic rings. The van der Waals surface area contributed by atoms with Crippen molar-refractivity contribution < 1.29 is 23.1 Å². The van der Waals surface area contributed by atoms with Crippen LogP contribution in [0.2, 0.25) is 0 Å². The third-order valence-corrected chi connectivity index (χ3v) is 3.74. The van der Waals surface area contributed by atoms with Crippen LogP contribution in [0.5, 0.6) is 0 Å². The van der Waals surface area contributed by atoms with Gasteiger partial charge in [0.15, 0.2) is 5.84 Å². The predicted molar refractivity (Wildman–Crippen MR) is 87.3 cm³/mol. The fourth-order valence-electron chi connectivity index (χ4n) is 2.46. The average Bonchev–Trinajstić information content (AvgIpc) is 3.07. The molecule has 0 radical (unpaired) electrons. The molecule has 0 saturated carbocycles. The first-order valence-corrected chi connectivity index (χ1v) is 7.35. The topological polar surface area (TPSA) is 121 Å². The highest BCUT2D eigenvalue weighted by atomic mass is 19.4. The van der Waals surface area contributed by atoms with Crippen molar-refractivity contribution in [3.05, 3.63) is 41.9 Å². The summed E-state index contributed by atoms with van der Waals surface area (Å²) in [7, 11) is 0. The standard InChI is InChI=1S/C15H13F3N6O2/c16-15(17,18)8-1-3-9(4-2-8)24-13(20)11(22-14(24)26)10-12(19)23(5-6-25)7-21-10/h1-4,7,20,25H,5-6,19H2. The number of nitrogens with zero attached hydrogens (tertiary/aromatic N) is 4. The lowest BCUT2D eigenvalue weighted by Gasteiger charge is -2.16. The van der Waals surface area contributed by atoms with E-state index in [4.69, 9.17) is 16.2 Å². The highest BCUT2D eigenvalue weighted by molar-refractivity contribution is 6.59. The third-order valence-electron chi connectivity index (χ3n) is 3.74. The molecule has 0 atom stereocenters. The van der Waals surface area contributed by atoms with Crippen molar-refractivity contribution in [2.75, 3.05) is 17.2 Å². The maximum atomic E-state index is 12.7. The zero-order chi connectivity index (χ0) is 19.1. The van der Waals surface area contributed by atoms with E-state index in [9.17, 15) is 18.0 Å². The number of anilines is 2. The van der Waals surface area contributed by atoms with Crippen LogP contribution in [0.25, 0.3) is 0 Å². The van der Waals surface area contributed by atoms with Gasteiger partial charge in [-0.3, -0.25) is 5.41 Å². The van der Waals surface area contributed by atoms with Crippen LogP contribution in [0.4, 0.5) is 29.5 Å². The largest absolute Gasteiger partial charge is 0.416 e. The van der Waals surface area contributed by atoms with E-state index < -0.39 is 17.8 Å². The number of nitrogens with one attached hydrogen (secondary N) is 1. The summed E-state index contributed by atoms with van der Waals surface area (Å²) in [5.74, 6) is -0.236. The Balaban J connectivity index is 1.90. The second-order valence-electron chi connectivity index (χ2n) is 5.37. The molecule has 0 aliphatic carbocycles. The van der Waals surface area contributed by atoms with Crippen LogP contribution >= 0.6 is 0 Å². The van der Waals surface area contributed by atoms with Crippen LogP contribution in [0.1, 0.15) is 11.3 Å². The first-order valence-electron chi connectivity index (χ1n) is 7.35. The van der Waals surface area contributed by atoms with Gasteiger partial charge in [0.2, 0.25) is 0 Å². The van der Waals surface area contributed by atoms with Gasteiger partial charge in [-0.2, -0.15) is 18.2 Å². The minimum absolute atomic E-state index is 0.0695. The Labute approximate surface area is 144 Å². The quantitative estimate of drug-likeness (QED) is 0.765. The van der Waals surface area contributed by atoms with E-state index in [1.54, 1.807) is 0 Å². The number of amidine groups is 1. The number of amides is 2. The van der Waals surface area contributed by atoms with Crippen molar-refractivity contribution in [1.29, 1.82) is 5.41 Å². The number of hydrogen-bond donors (Lipinski definition) is 3. The fraction of sp³-hybridized carbons (Fsp3) is 0.200. The first kappa shape index (κ1) is 17.6. The van der Waals surface area contributed by atoms with Gasteiger partial charge in [-0.05, 0) is 24.3 Å². The number of aliphatic hydroxyl groups excluding tert-OH is 1. The number of aromatic nitrogens is 2. The number of rotatable bonds is 4. The number of carbonyl (C=O) groups excluding carboxylic acids is 1. The SMILES string of the molecule is N=C1C(c2ncn(CCO)c2N)=NC(=O)N1c1ccc(C(F)(F)F)cc1. The van der Waals surface area contributed by atoms with Crippen molar-refractivity contribution in [3.8, 4) is 0 Å². The second-order valence-corrected chi connectivity index (χ2v) is 5.37. The normalized spacial score (nSPS) is 14.9. The summed E-state index contributed by atoms with van der Waals surface area (Å²) in [6.07, 6.45) is -3.17. The van der Waals surface area contributed by atoms with Crippen LogP contribution in [-0.4, -0.2) is 38.8 Å². The Morgan fingerprint density at radius 1 is 1.23 bits per heavy atom. The molecule has 2 amide bonds. The number of benzene rings is 1. The highest BCUT2D eigenvalue weighted by Gasteiger charge is 2.35. The summed E-state index contributed by atoms with van der Waals surface area (Å²) in [5, 5.41) is 17.1. The molecule has 0 fully saturated rings. The Morgan fingerprint density at radius 2 is 1.88 bits per heavy atom. The summed E-state index contributed by atoms with van der Waals surface area (Å²) >= 11 is 0. The van der Waals surface area contributed by atoms with E-state index in [-0.39, 0.29) is 41.9 Å². The Morgan fingerprint density at radius 3 is 2.46 bits per heavy atom. The lowest BCUT2D eigenvalue weighted by atomic mass is 10.1. The number of carbonyl (C=O) groups is 1. The molecular formula is C15H13F3N6O2. The molecule has 0 bridgehead atoms. The lowest BCUT2D eigenvalue weighted by molar-refractivity contribution is -0.137. The number of alkyl halides is 3. The number of halogens is 3. The zero-order valence-corrected chi connectivity index (χ0v) is 13.2. The minimum atomic E-state index is -4.50. The predicted octanol–water partition coefficient (Wildman–Crippen LogP) is 1.88. The van der Waals surface area contributed by atoms with Gasteiger partial charge in [0.25, 0.3) is 0 Å². The fourth-order valence-corrected chi connectivity index (χ4v) is 2.46. The summed E-state index contributed by atoms with van der Waals surface area (Å²) in [6, 6.07) is 2.97. The highest BCUT2D eigenvalue weighted by Crippen LogP contribution is 2.31. The molecule has 11 heteroatoms. The number of nitrogens with two attached hydrogens (primary N) is 1. The van der Waals surface area contributed by atoms with E-state index >= 15 is 0 Å². The van der Waals surface area contributed by atoms with Gasteiger partial charge < -0.3 is 15.4 Å². The molecule has 0 spiro atoms. The van der Waals surface area contributed by atoms with Crippen LogP contribution in [0.3, 0.4) is 0 Å². The van der Waals surface area contributed by atoms with E-state index in [0.29, 0.717) is 0 Å². The van der Waals surface area contributed by atoms with Gasteiger partial charge in [-0.1, -0.05) is 0 Å². The molecule has 2 heterocycles. The summed E-state index contributed by atoms with van der Waals surface area (Å²) < 4.78 is 39.4. The van der Waals surface area contributed by atoms with Gasteiger partial charge in [-0.25, -0.2) is 14.7 Å². The molecule has 0 unspecified atom stereocenters. The van der Waals surface area contributed by atoms with Crippen LogP contribution in [-0.2, 0) is 12.7 Å². The van der Waals surface area contributed by atoms with E-state index in [1.165, 1.54) is 10.9 Å². The van der Waals surface area contributed by atoms with Crippen LogP contribution in [0, 0.1) is 5.41 Å². The van der Waals surface area contributed by atoms with Crippen LogP contribution in [0.15, 0.2) is 35.6 Å². The van der Waals surface area contributed by atoms with Gasteiger partial charge >= 0.3 is 12.2 Å². The van der Waals surface area contributed by atoms with Crippen molar-refractivity contribution in [2.24, 2.45) is 4.99 Å². The Kier molecular flexibility index (Phi) is 4.24. The molecule has 1 aromatic heterocycles. The van der Waals surface area contributed by atoms with Gasteiger partial charge in [0.05, 0.1) is 24.2 Å². The summed E-state index contributed by atoms with van der Waals surface area (Å²) in [6.45, 7) is -0.00343. The lowest BCUT2D eigenvalue weighted by Crippen LogP contribution is -2.32. The second kappa shape index (κ2) is 6.26. The van der Waals surface area contributed by atoms with Crippen molar-refractivity contribution in [2.45, 2.75) is 12.7 Å². The monoisotopic (exact) mass is 366 g/mol. The maximum Gasteiger partial charge on any atom is 0.416 e. The van der Waals surface area contributed by atoms with Crippen LogP contribution < -0.4 is 10.6 Å². The number of aliphatic imine (C=N–C) groups is 1. The smallest absolute Gasteiger partial charge is 0.395 e. The number of hydrogen-bond acceptors (Lipinski definition) is 5. The first-order chi connectivity index (χ1) is 12.2. The minimum Gasteiger partial charge on any atom is -0.395 e.